The highest BCUT2D eigenvalue weighted by atomic mass is 16.5. The minimum Gasteiger partial charge on any atom is -0.496 e. The first-order valence-corrected chi connectivity index (χ1v) is 10.6. The van der Waals surface area contributed by atoms with Crippen molar-refractivity contribution in [3.8, 4) is 18.1 Å². The van der Waals surface area contributed by atoms with E-state index in [1.165, 1.54) is 5.56 Å². The van der Waals surface area contributed by atoms with Gasteiger partial charge < -0.3 is 19.5 Å². The summed E-state index contributed by atoms with van der Waals surface area (Å²) in [4.78, 5) is 19.3. The van der Waals surface area contributed by atoms with Crippen molar-refractivity contribution in [1.82, 2.24) is 10.2 Å². The fourth-order valence-corrected chi connectivity index (χ4v) is 4.58. The Morgan fingerprint density at radius 1 is 1.40 bits per heavy atom. The molecule has 30 heavy (non-hydrogen) atoms. The lowest BCUT2D eigenvalue weighted by Crippen LogP contribution is -2.50. The molecule has 2 amide bonds. The number of aliphatic hydroxyl groups is 1. The highest BCUT2D eigenvalue weighted by molar-refractivity contribution is 6.03. The molecule has 0 radical (unpaired) electrons. The van der Waals surface area contributed by atoms with Gasteiger partial charge in [0.25, 0.3) is 0 Å². The van der Waals surface area contributed by atoms with Gasteiger partial charge in [-0.25, -0.2) is 9.79 Å². The highest BCUT2D eigenvalue weighted by Crippen LogP contribution is 2.42. The van der Waals surface area contributed by atoms with Crippen molar-refractivity contribution < 1.29 is 19.4 Å². The van der Waals surface area contributed by atoms with Crippen LogP contribution in [0, 0.1) is 12.3 Å². The van der Waals surface area contributed by atoms with Crippen molar-refractivity contribution in [3.05, 3.63) is 23.3 Å². The van der Waals surface area contributed by atoms with E-state index in [1.807, 2.05) is 6.07 Å². The van der Waals surface area contributed by atoms with Crippen molar-refractivity contribution in [1.29, 1.82) is 0 Å². The van der Waals surface area contributed by atoms with Gasteiger partial charge in [0, 0.05) is 44.7 Å². The van der Waals surface area contributed by atoms with Crippen LogP contribution >= 0.6 is 0 Å². The molecule has 0 atom stereocenters. The number of urea groups is 1. The monoisotopic (exact) mass is 411 g/mol. The molecule has 2 fully saturated rings. The molecule has 1 aromatic carbocycles. The number of methoxy groups -OCH3 is 1. The maximum absolute atomic E-state index is 12.8. The van der Waals surface area contributed by atoms with Gasteiger partial charge in [0.1, 0.15) is 11.6 Å². The third-order valence-electron chi connectivity index (χ3n) is 6.41. The number of ether oxygens (including phenoxy) is 2. The molecule has 7 heteroatoms. The van der Waals surface area contributed by atoms with Crippen LogP contribution in [-0.4, -0.2) is 60.9 Å². The van der Waals surface area contributed by atoms with Gasteiger partial charge in [-0.1, -0.05) is 6.07 Å². The molecule has 3 heterocycles. The SMILES string of the molecule is C#CCC1(O)CCN(C(=O)NC2=Nc3c(C4CCOCC4)ccc(OC)c3C2)CC1. The van der Waals surface area contributed by atoms with Crippen molar-refractivity contribution >= 4 is 17.6 Å². The molecule has 4 rings (SSSR count). The van der Waals surface area contributed by atoms with Gasteiger partial charge in [0.2, 0.25) is 0 Å². The largest absolute Gasteiger partial charge is 0.496 e. The van der Waals surface area contributed by atoms with Gasteiger partial charge in [0.15, 0.2) is 0 Å². The molecule has 2 N–H and O–H groups in total. The summed E-state index contributed by atoms with van der Waals surface area (Å²) in [6.45, 7) is 2.47. The summed E-state index contributed by atoms with van der Waals surface area (Å²) in [5.74, 6) is 4.37. The number of fused-ring (bicyclic) bond motifs is 1. The summed E-state index contributed by atoms with van der Waals surface area (Å²) >= 11 is 0. The van der Waals surface area contributed by atoms with E-state index >= 15 is 0 Å². The van der Waals surface area contributed by atoms with Gasteiger partial charge >= 0.3 is 6.03 Å². The zero-order valence-corrected chi connectivity index (χ0v) is 17.4. The number of terminal acetylenes is 1. The number of hydrogen-bond acceptors (Lipinski definition) is 5. The average Bonchev–Trinajstić information content (AvgIpc) is 3.17. The van der Waals surface area contributed by atoms with Gasteiger partial charge in [-0.3, -0.25) is 5.32 Å². The molecular formula is C23H29N3O4. The summed E-state index contributed by atoms with van der Waals surface area (Å²) in [7, 11) is 1.66. The second-order valence-electron chi connectivity index (χ2n) is 8.33. The van der Waals surface area contributed by atoms with Gasteiger partial charge in [-0.05, 0) is 43.2 Å². The Hall–Kier alpha value is -2.56. The molecule has 3 aliphatic heterocycles. The Balaban J connectivity index is 1.46. The quantitative estimate of drug-likeness (QED) is 0.750. The first kappa shape index (κ1) is 20.7. The highest BCUT2D eigenvalue weighted by Gasteiger charge is 2.34. The first-order valence-electron chi connectivity index (χ1n) is 10.6. The van der Waals surface area contributed by atoms with E-state index < -0.39 is 5.60 Å². The summed E-state index contributed by atoms with van der Waals surface area (Å²) in [5.41, 5.74) is 2.30. The van der Waals surface area contributed by atoms with Crippen LogP contribution in [0.5, 0.6) is 5.75 Å². The number of piperidine rings is 1. The van der Waals surface area contributed by atoms with E-state index in [1.54, 1.807) is 12.0 Å². The number of hydrogen-bond donors (Lipinski definition) is 2. The van der Waals surface area contributed by atoms with Crippen molar-refractivity contribution in [2.24, 2.45) is 4.99 Å². The molecular weight excluding hydrogens is 382 g/mol. The van der Waals surface area contributed by atoms with E-state index in [0.29, 0.717) is 50.5 Å². The number of nitrogens with one attached hydrogen (secondary N) is 1. The normalized spacial score (nSPS) is 20.8. The summed E-state index contributed by atoms with van der Waals surface area (Å²) in [6, 6.07) is 3.91. The van der Waals surface area contributed by atoms with Crippen molar-refractivity contribution in [3.63, 3.8) is 0 Å². The zero-order chi connectivity index (χ0) is 21.1. The molecule has 0 spiro atoms. The molecule has 1 aromatic rings. The van der Waals surface area contributed by atoms with Gasteiger partial charge in [-0.2, -0.15) is 0 Å². The number of carbonyl (C=O) groups excluding carboxylic acids is 1. The van der Waals surface area contributed by atoms with Crippen LogP contribution in [0.15, 0.2) is 17.1 Å². The fraction of sp³-hybridized carbons (Fsp3) is 0.565. The molecule has 3 aliphatic rings. The maximum Gasteiger partial charge on any atom is 0.322 e. The smallest absolute Gasteiger partial charge is 0.322 e. The lowest BCUT2D eigenvalue weighted by Gasteiger charge is -2.37. The molecule has 0 aromatic heterocycles. The summed E-state index contributed by atoms with van der Waals surface area (Å²) in [6.07, 6.45) is 9.12. The Kier molecular flexibility index (Phi) is 5.98. The van der Waals surface area contributed by atoms with Crippen LogP contribution in [0.4, 0.5) is 10.5 Å². The zero-order valence-electron chi connectivity index (χ0n) is 17.4. The Morgan fingerprint density at radius 2 is 2.13 bits per heavy atom. The standard InChI is InChI=1S/C23H29N3O4/c1-3-8-23(28)9-11-26(12-10-23)22(27)25-20-15-18-19(29-2)5-4-17(21(18)24-20)16-6-13-30-14-7-16/h1,4-5,16,28H,6-15H2,2H3,(H,24,25,27). The van der Waals surface area contributed by atoms with Crippen LogP contribution in [-0.2, 0) is 11.2 Å². The first-order chi connectivity index (χ1) is 14.5. The number of amides is 2. The second-order valence-corrected chi connectivity index (χ2v) is 8.33. The van der Waals surface area contributed by atoms with Crippen LogP contribution < -0.4 is 10.1 Å². The molecule has 160 valence electrons. The number of aliphatic imine (C=N–C) groups is 1. The van der Waals surface area contributed by atoms with E-state index in [4.69, 9.17) is 20.9 Å². The summed E-state index contributed by atoms with van der Waals surface area (Å²) in [5, 5.41) is 13.4. The molecule has 0 bridgehead atoms. The number of nitrogens with zero attached hydrogens (tertiary/aromatic N) is 2. The topological polar surface area (TPSA) is 83.4 Å². The number of carbonyl (C=O) groups is 1. The van der Waals surface area contributed by atoms with Crippen LogP contribution in [0.3, 0.4) is 0 Å². The molecule has 0 saturated carbocycles. The predicted octanol–water partition coefficient (Wildman–Crippen LogP) is 2.74. The number of benzene rings is 1. The number of rotatable bonds is 3. The predicted molar refractivity (Wildman–Crippen MR) is 114 cm³/mol. The van der Waals surface area contributed by atoms with Crippen molar-refractivity contribution in [2.75, 3.05) is 33.4 Å². The Labute approximate surface area is 177 Å². The van der Waals surface area contributed by atoms with Crippen LogP contribution in [0.2, 0.25) is 0 Å². The van der Waals surface area contributed by atoms with Gasteiger partial charge in [0.05, 0.1) is 18.4 Å². The molecule has 2 saturated heterocycles. The Morgan fingerprint density at radius 3 is 2.80 bits per heavy atom. The minimum absolute atomic E-state index is 0.184. The van der Waals surface area contributed by atoms with Gasteiger partial charge in [-0.15, -0.1) is 12.3 Å². The minimum atomic E-state index is -0.862. The van der Waals surface area contributed by atoms with Crippen molar-refractivity contribution in [2.45, 2.75) is 50.0 Å². The second kappa shape index (κ2) is 8.66. The number of likely N-dealkylation sites (tertiary alicyclic amines) is 1. The lowest BCUT2D eigenvalue weighted by atomic mass is 9.88. The molecule has 7 nitrogen and oxygen atoms in total. The van der Waals surface area contributed by atoms with E-state index in [0.717, 1.165) is 43.1 Å². The summed E-state index contributed by atoms with van der Waals surface area (Å²) < 4.78 is 11.1. The third-order valence-corrected chi connectivity index (χ3v) is 6.41. The maximum atomic E-state index is 12.8. The van der Waals surface area contributed by atoms with E-state index in [-0.39, 0.29) is 6.03 Å². The lowest BCUT2D eigenvalue weighted by molar-refractivity contribution is -0.00720. The van der Waals surface area contributed by atoms with E-state index in [2.05, 4.69) is 17.3 Å². The Bertz CT molecular complexity index is 875. The average molecular weight is 412 g/mol. The van der Waals surface area contributed by atoms with Crippen LogP contribution in [0.1, 0.15) is 49.1 Å². The van der Waals surface area contributed by atoms with E-state index in [9.17, 15) is 9.90 Å². The molecule has 0 aliphatic carbocycles. The number of amidine groups is 1. The van der Waals surface area contributed by atoms with Crippen LogP contribution in [0.25, 0.3) is 0 Å². The fourth-order valence-electron chi connectivity index (χ4n) is 4.58. The third kappa shape index (κ3) is 4.16. The molecule has 0 unspecified atom stereocenters.